The van der Waals surface area contributed by atoms with Crippen LogP contribution in [-0.2, 0) is 17.9 Å². The van der Waals surface area contributed by atoms with E-state index in [-0.39, 0.29) is 11.8 Å². The summed E-state index contributed by atoms with van der Waals surface area (Å²) in [4.78, 5) is 32.2. The van der Waals surface area contributed by atoms with Gasteiger partial charge in [0.1, 0.15) is 6.04 Å². The minimum atomic E-state index is -0.674. The van der Waals surface area contributed by atoms with Crippen LogP contribution in [0.25, 0.3) is 0 Å². The minimum Gasteiger partial charge on any atom is -0.357 e. The molecule has 2 aromatic rings. The van der Waals surface area contributed by atoms with Crippen molar-refractivity contribution in [2.24, 2.45) is 5.41 Å². The van der Waals surface area contributed by atoms with Crippen LogP contribution in [0.1, 0.15) is 48.3 Å². The van der Waals surface area contributed by atoms with Gasteiger partial charge in [-0.15, -0.1) is 0 Å². The highest BCUT2D eigenvalue weighted by Crippen LogP contribution is 2.22. The zero-order valence-corrected chi connectivity index (χ0v) is 18.2. The Balaban J connectivity index is 1.96. The second kappa shape index (κ2) is 8.72. The average Bonchev–Trinajstić information content (AvgIpc) is 3.07. The monoisotopic (exact) mass is 407 g/mol. The van der Waals surface area contributed by atoms with Crippen molar-refractivity contribution >= 4 is 11.8 Å². The van der Waals surface area contributed by atoms with Crippen molar-refractivity contribution in [3.05, 3.63) is 53.1 Å². The summed E-state index contributed by atoms with van der Waals surface area (Å²) in [7, 11) is 3.58. The van der Waals surface area contributed by atoms with Gasteiger partial charge in [0, 0.05) is 32.2 Å². The van der Waals surface area contributed by atoms with Gasteiger partial charge in [-0.25, -0.2) is 4.98 Å². The third-order valence-electron chi connectivity index (χ3n) is 5.16. The Morgan fingerprint density at radius 2 is 1.83 bits per heavy atom. The molecule has 7 nitrogen and oxygen atoms in total. The molecule has 1 atom stereocenters. The van der Waals surface area contributed by atoms with E-state index in [1.165, 1.54) is 0 Å². The van der Waals surface area contributed by atoms with Crippen LogP contribution in [0, 0.1) is 17.3 Å². The molecule has 0 saturated heterocycles. The fraction of sp³-hybridized carbons (Fsp3) is 0.435. The number of aromatic nitrogens is 2. The molecule has 0 aliphatic carbocycles. The zero-order valence-electron chi connectivity index (χ0n) is 18.2. The van der Waals surface area contributed by atoms with Crippen LogP contribution in [0.4, 0.5) is 0 Å². The van der Waals surface area contributed by atoms with E-state index in [1.54, 1.807) is 7.05 Å². The molecule has 7 heteroatoms. The summed E-state index contributed by atoms with van der Waals surface area (Å²) in [6.45, 7) is 7.92. The molecule has 2 amide bonds. The molecule has 0 fully saturated rings. The normalized spacial score (nSPS) is 14.8. The van der Waals surface area contributed by atoms with Crippen molar-refractivity contribution in [2.75, 3.05) is 20.6 Å². The van der Waals surface area contributed by atoms with E-state index in [0.717, 1.165) is 17.8 Å². The lowest BCUT2D eigenvalue weighted by molar-refractivity contribution is -0.124. The molecule has 1 aliphatic heterocycles. The Labute approximate surface area is 177 Å². The molecule has 2 heterocycles. The van der Waals surface area contributed by atoms with Crippen LogP contribution in [0.15, 0.2) is 30.3 Å². The number of hydrogen-bond donors (Lipinski definition) is 2. The van der Waals surface area contributed by atoms with E-state index >= 15 is 0 Å². The summed E-state index contributed by atoms with van der Waals surface area (Å²) in [6, 6.07) is 9.01. The molecule has 3 rings (SSSR count). The molecule has 2 N–H and O–H groups in total. The first-order chi connectivity index (χ1) is 14.2. The van der Waals surface area contributed by atoms with Crippen molar-refractivity contribution in [1.82, 2.24) is 25.1 Å². The Morgan fingerprint density at radius 1 is 1.13 bits per heavy atom. The summed E-state index contributed by atoms with van der Waals surface area (Å²) in [5.74, 6) is 6.23. The number of nitrogens with zero attached hydrogens (tertiary/aromatic N) is 3. The topological polar surface area (TPSA) is 79.3 Å². The van der Waals surface area contributed by atoms with Crippen molar-refractivity contribution in [3.8, 4) is 11.8 Å². The quantitative estimate of drug-likeness (QED) is 0.758. The smallest absolute Gasteiger partial charge is 0.272 e. The number of carbonyl (C=O) groups is 2. The van der Waals surface area contributed by atoms with Crippen molar-refractivity contribution in [2.45, 2.75) is 39.9 Å². The highest BCUT2D eigenvalue weighted by molar-refractivity contribution is 5.97. The molecule has 1 aromatic carbocycles. The Morgan fingerprint density at radius 3 is 2.47 bits per heavy atom. The van der Waals surface area contributed by atoms with Gasteiger partial charge >= 0.3 is 0 Å². The van der Waals surface area contributed by atoms with E-state index in [4.69, 9.17) is 0 Å². The lowest BCUT2D eigenvalue weighted by Gasteiger charge is -2.30. The van der Waals surface area contributed by atoms with Gasteiger partial charge < -0.3 is 15.2 Å². The molecular formula is C23H29N5O2. The van der Waals surface area contributed by atoms with Crippen LogP contribution >= 0.6 is 0 Å². The molecule has 0 bridgehead atoms. The summed E-state index contributed by atoms with van der Waals surface area (Å²) in [6.07, 6.45) is 0. The largest absolute Gasteiger partial charge is 0.357 e. The number of benzene rings is 1. The number of hydrogen-bond acceptors (Lipinski definition) is 4. The third kappa shape index (κ3) is 4.71. The number of likely N-dealkylation sites (N-methyl/N-ethyl adjacent to an activating group) is 2. The Bertz CT molecular complexity index is 992. The maximum atomic E-state index is 13.2. The molecule has 158 valence electrons. The Hall–Kier alpha value is -3.11. The number of imidazole rings is 1. The summed E-state index contributed by atoms with van der Waals surface area (Å²) in [5.41, 5.74) is 1.60. The number of fused-ring (bicyclic) bond motifs is 1. The molecule has 1 aliphatic rings. The van der Waals surface area contributed by atoms with E-state index < -0.39 is 11.5 Å². The first kappa shape index (κ1) is 21.6. The minimum absolute atomic E-state index is 0.231. The zero-order chi connectivity index (χ0) is 21.9. The van der Waals surface area contributed by atoms with Gasteiger partial charge in [-0.1, -0.05) is 44.9 Å². The maximum Gasteiger partial charge on any atom is 0.272 e. The number of amides is 2. The van der Waals surface area contributed by atoms with Crippen LogP contribution in [0.3, 0.4) is 0 Å². The second-order valence-corrected chi connectivity index (χ2v) is 8.62. The van der Waals surface area contributed by atoms with E-state index in [2.05, 4.69) is 32.4 Å². The predicted octanol–water partition coefficient (Wildman–Crippen LogP) is 1.62. The fourth-order valence-corrected chi connectivity index (χ4v) is 3.44. The number of nitrogens with one attached hydrogen (secondary N) is 2. The summed E-state index contributed by atoms with van der Waals surface area (Å²) in [5, 5.41) is 5.51. The van der Waals surface area contributed by atoms with Crippen molar-refractivity contribution in [1.29, 1.82) is 0 Å². The first-order valence-corrected chi connectivity index (χ1v) is 10.1. The van der Waals surface area contributed by atoms with Gasteiger partial charge in [-0.05, 0) is 30.5 Å². The number of rotatable bonds is 3. The van der Waals surface area contributed by atoms with Crippen molar-refractivity contribution in [3.63, 3.8) is 0 Å². The second-order valence-electron chi connectivity index (χ2n) is 8.62. The lowest BCUT2D eigenvalue weighted by atomic mass is 9.86. The standard InChI is InChI=1S/C23H29N5O2/c1-23(2,3)20(22(30)24-4)26-21(29)19-17-15-27(5)13-14-28(17)18(25-19)12-11-16-9-7-6-8-10-16/h6-10,20H,13-15H2,1-5H3,(H,24,30)(H,26,29)/t20-/m1/s1. The van der Waals surface area contributed by atoms with Gasteiger partial charge in [0.05, 0.1) is 5.69 Å². The molecule has 30 heavy (non-hydrogen) atoms. The van der Waals surface area contributed by atoms with E-state index in [1.807, 2.05) is 62.7 Å². The van der Waals surface area contributed by atoms with E-state index in [0.29, 0.717) is 24.6 Å². The summed E-state index contributed by atoms with van der Waals surface area (Å²) >= 11 is 0. The van der Waals surface area contributed by atoms with Crippen molar-refractivity contribution < 1.29 is 9.59 Å². The molecule has 0 radical (unpaired) electrons. The average molecular weight is 408 g/mol. The first-order valence-electron chi connectivity index (χ1n) is 10.1. The van der Waals surface area contributed by atoms with Gasteiger partial charge in [0.25, 0.3) is 5.91 Å². The SMILES string of the molecule is CNC(=O)[C@@H](NC(=O)c1nc(C#Cc2ccccc2)n2c1CN(C)CC2)C(C)(C)C. The molecular weight excluding hydrogens is 378 g/mol. The van der Waals surface area contributed by atoms with Crippen LogP contribution < -0.4 is 10.6 Å². The molecule has 0 unspecified atom stereocenters. The lowest BCUT2D eigenvalue weighted by Crippen LogP contribution is -2.53. The van der Waals surface area contributed by atoms with Gasteiger partial charge in [-0.2, -0.15) is 0 Å². The van der Waals surface area contributed by atoms with Crippen LogP contribution in [0.5, 0.6) is 0 Å². The number of carbonyl (C=O) groups excluding carboxylic acids is 2. The van der Waals surface area contributed by atoms with Crippen LogP contribution in [0.2, 0.25) is 0 Å². The predicted molar refractivity (Wildman–Crippen MR) is 116 cm³/mol. The Kier molecular flexibility index (Phi) is 6.28. The van der Waals surface area contributed by atoms with Crippen LogP contribution in [-0.4, -0.2) is 52.9 Å². The highest BCUT2D eigenvalue weighted by atomic mass is 16.2. The summed E-state index contributed by atoms with van der Waals surface area (Å²) < 4.78 is 2.01. The van der Waals surface area contributed by atoms with Gasteiger partial charge in [0.15, 0.2) is 11.5 Å². The molecule has 0 saturated carbocycles. The third-order valence-corrected chi connectivity index (χ3v) is 5.16. The van der Waals surface area contributed by atoms with E-state index in [9.17, 15) is 9.59 Å². The fourth-order valence-electron chi connectivity index (χ4n) is 3.44. The van der Waals surface area contributed by atoms with Gasteiger partial charge in [0.2, 0.25) is 5.91 Å². The maximum absolute atomic E-state index is 13.2. The molecule has 0 spiro atoms. The molecule has 1 aromatic heterocycles. The van der Waals surface area contributed by atoms with Gasteiger partial charge in [-0.3, -0.25) is 14.5 Å². The highest BCUT2D eigenvalue weighted by Gasteiger charge is 2.34.